The maximum absolute atomic E-state index is 10.4. The molecule has 1 atom stereocenters. The molecule has 2 heterocycles. The maximum atomic E-state index is 10.4. The fraction of sp³-hybridized carbons (Fsp3) is 0.250. The van der Waals surface area contributed by atoms with Crippen molar-refractivity contribution in [2.75, 3.05) is 0 Å². The second-order valence-corrected chi connectivity index (χ2v) is 5.96. The summed E-state index contributed by atoms with van der Waals surface area (Å²) in [5.74, 6) is 0. The van der Waals surface area contributed by atoms with Crippen LogP contribution in [-0.4, -0.2) is 19.9 Å². The van der Waals surface area contributed by atoms with Crippen LogP contribution in [0.1, 0.15) is 22.4 Å². The highest BCUT2D eigenvalue weighted by atomic mass is 32.1. The number of thiazole rings is 1. The molecule has 3 rings (SSSR count). The monoisotopic (exact) mass is 299 g/mol. The van der Waals surface area contributed by atoms with Crippen molar-refractivity contribution >= 4 is 11.3 Å². The van der Waals surface area contributed by atoms with E-state index in [0.717, 1.165) is 27.5 Å². The molecule has 3 aromatic rings. The van der Waals surface area contributed by atoms with Gasteiger partial charge in [-0.1, -0.05) is 30.3 Å². The normalized spacial score (nSPS) is 12.5. The van der Waals surface area contributed by atoms with E-state index in [4.69, 9.17) is 0 Å². The van der Waals surface area contributed by atoms with Crippen LogP contribution in [0.15, 0.2) is 41.9 Å². The lowest BCUT2D eigenvalue weighted by Gasteiger charge is -2.08. The Balaban J connectivity index is 1.77. The Bertz CT molecular complexity index is 733. The second kappa shape index (κ2) is 5.79. The van der Waals surface area contributed by atoms with Crippen LogP contribution in [0.2, 0.25) is 0 Å². The summed E-state index contributed by atoms with van der Waals surface area (Å²) < 4.78 is 1.77. The third kappa shape index (κ3) is 2.89. The predicted molar refractivity (Wildman–Crippen MR) is 84.2 cm³/mol. The highest BCUT2D eigenvalue weighted by Gasteiger charge is 2.16. The van der Waals surface area contributed by atoms with Crippen molar-refractivity contribution in [2.45, 2.75) is 19.4 Å². The summed E-state index contributed by atoms with van der Waals surface area (Å²) in [6, 6.07) is 10.1. The fourth-order valence-electron chi connectivity index (χ4n) is 2.26. The molecule has 4 nitrogen and oxygen atoms in total. The molecule has 0 fully saturated rings. The van der Waals surface area contributed by atoms with E-state index in [1.165, 1.54) is 0 Å². The Labute approximate surface area is 127 Å². The van der Waals surface area contributed by atoms with Crippen molar-refractivity contribution in [2.24, 2.45) is 7.05 Å². The minimum Gasteiger partial charge on any atom is -0.388 e. The molecule has 0 bridgehead atoms. The summed E-state index contributed by atoms with van der Waals surface area (Å²) in [6.45, 7) is 1.96. The number of aliphatic hydroxyl groups excluding tert-OH is 1. The number of aliphatic hydroxyl groups is 1. The Hall–Kier alpha value is -1.98. The van der Waals surface area contributed by atoms with Crippen LogP contribution in [0.5, 0.6) is 0 Å². The van der Waals surface area contributed by atoms with Gasteiger partial charge in [-0.05, 0) is 6.92 Å². The third-order valence-corrected chi connectivity index (χ3v) is 4.49. The highest BCUT2D eigenvalue weighted by molar-refractivity contribution is 7.09. The van der Waals surface area contributed by atoms with Gasteiger partial charge in [0, 0.05) is 35.7 Å². The number of nitrogens with zero attached hydrogens (tertiary/aromatic N) is 3. The van der Waals surface area contributed by atoms with Gasteiger partial charge in [-0.2, -0.15) is 5.10 Å². The highest BCUT2D eigenvalue weighted by Crippen LogP contribution is 2.26. The van der Waals surface area contributed by atoms with Crippen LogP contribution >= 0.6 is 11.3 Å². The first-order valence-corrected chi connectivity index (χ1v) is 7.69. The van der Waals surface area contributed by atoms with Gasteiger partial charge in [-0.15, -0.1) is 11.3 Å². The van der Waals surface area contributed by atoms with E-state index >= 15 is 0 Å². The van der Waals surface area contributed by atoms with E-state index in [0.29, 0.717) is 6.42 Å². The van der Waals surface area contributed by atoms with Gasteiger partial charge in [-0.25, -0.2) is 4.98 Å². The van der Waals surface area contributed by atoms with Crippen molar-refractivity contribution in [3.8, 4) is 11.3 Å². The molecule has 2 aromatic heterocycles. The molecular formula is C16H17N3OS. The average Bonchev–Trinajstić information content (AvgIpc) is 3.08. The molecule has 0 amide bonds. The lowest BCUT2D eigenvalue weighted by Crippen LogP contribution is -2.03. The van der Waals surface area contributed by atoms with Crippen LogP contribution in [-0.2, 0) is 13.5 Å². The Kier molecular flexibility index (Phi) is 3.86. The molecule has 1 N–H and O–H groups in total. The van der Waals surface area contributed by atoms with Crippen LogP contribution < -0.4 is 0 Å². The molecule has 1 aromatic carbocycles. The maximum Gasteiger partial charge on any atom is 0.0961 e. The number of hydrogen-bond donors (Lipinski definition) is 1. The lowest BCUT2D eigenvalue weighted by molar-refractivity contribution is 0.177. The number of aromatic nitrogens is 3. The standard InChI is InChI=1S/C16H17N3OS/c1-11-13(9-17-19(11)2)15(20)8-16-18-14(10-21-16)12-6-4-3-5-7-12/h3-7,9-10,15,20H,8H2,1-2H3. The van der Waals surface area contributed by atoms with Gasteiger partial charge in [-0.3, -0.25) is 4.68 Å². The van der Waals surface area contributed by atoms with E-state index in [2.05, 4.69) is 10.1 Å². The SMILES string of the molecule is Cc1c(C(O)Cc2nc(-c3ccccc3)cs2)cnn1C. The van der Waals surface area contributed by atoms with Gasteiger partial charge in [0.05, 0.1) is 23.0 Å². The fourth-order valence-corrected chi connectivity index (χ4v) is 3.11. The molecular weight excluding hydrogens is 282 g/mol. The molecule has 0 aliphatic carbocycles. The number of hydrogen-bond acceptors (Lipinski definition) is 4. The number of rotatable bonds is 4. The van der Waals surface area contributed by atoms with Crippen molar-refractivity contribution in [1.29, 1.82) is 0 Å². The van der Waals surface area contributed by atoms with E-state index < -0.39 is 6.10 Å². The topological polar surface area (TPSA) is 50.9 Å². The molecule has 0 aliphatic rings. The van der Waals surface area contributed by atoms with Gasteiger partial charge in [0.15, 0.2) is 0 Å². The average molecular weight is 299 g/mol. The second-order valence-electron chi connectivity index (χ2n) is 5.02. The van der Waals surface area contributed by atoms with Gasteiger partial charge in [0.25, 0.3) is 0 Å². The molecule has 5 heteroatoms. The summed E-state index contributed by atoms with van der Waals surface area (Å²) in [6.07, 6.45) is 1.68. The summed E-state index contributed by atoms with van der Waals surface area (Å²) in [4.78, 5) is 4.61. The molecule has 0 saturated heterocycles. The minimum atomic E-state index is -0.562. The summed E-state index contributed by atoms with van der Waals surface area (Å²) in [7, 11) is 1.88. The van der Waals surface area contributed by atoms with Crippen LogP contribution in [0.25, 0.3) is 11.3 Å². The zero-order valence-electron chi connectivity index (χ0n) is 12.0. The molecule has 108 valence electrons. The van der Waals surface area contributed by atoms with E-state index in [1.807, 2.05) is 49.7 Å². The summed E-state index contributed by atoms with van der Waals surface area (Å²) >= 11 is 1.58. The van der Waals surface area contributed by atoms with Gasteiger partial charge >= 0.3 is 0 Å². The van der Waals surface area contributed by atoms with Gasteiger partial charge in [0.1, 0.15) is 0 Å². The summed E-state index contributed by atoms with van der Waals surface area (Å²) in [5.41, 5.74) is 3.93. The van der Waals surface area contributed by atoms with E-state index in [9.17, 15) is 5.11 Å². The van der Waals surface area contributed by atoms with E-state index in [-0.39, 0.29) is 0 Å². The lowest BCUT2D eigenvalue weighted by atomic mass is 10.1. The van der Waals surface area contributed by atoms with Crippen LogP contribution in [0.4, 0.5) is 0 Å². The molecule has 21 heavy (non-hydrogen) atoms. The predicted octanol–water partition coefficient (Wildman–Crippen LogP) is 3.13. The Morgan fingerprint density at radius 2 is 2.05 bits per heavy atom. The van der Waals surface area contributed by atoms with Crippen molar-refractivity contribution < 1.29 is 5.11 Å². The quantitative estimate of drug-likeness (QED) is 0.805. The van der Waals surface area contributed by atoms with Crippen LogP contribution in [0, 0.1) is 6.92 Å². The van der Waals surface area contributed by atoms with Gasteiger partial charge < -0.3 is 5.11 Å². The van der Waals surface area contributed by atoms with Gasteiger partial charge in [0.2, 0.25) is 0 Å². The Morgan fingerprint density at radius 3 is 2.71 bits per heavy atom. The zero-order valence-corrected chi connectivity index (χ0v) is 12.8. The zero-order chi connectivity index (χ0) is 14.8. The number of aryl methyl sites for hydroxylation is 1. The minimum absolute atomic E-state index is 0.518. The van der Waals surface area contributed by atoms with E-state index in [1.54, 1.807) is 22.2 Å². The smallest absolute Gasteiger partial charge is 0.0961 e. The first kappa shape index (κ1) is 14.0. The van der Waals surface area contributed by atoms with Crippen molar-refractivity contribution in [1.82, 2.24) is 14.8 Å². The molecule has 0 aliphatic heterocycles. The number of benzene rings is 1. The van der Waals surface area contributed by atoms with Crippen molar-refractivity contribution in [3.63, 3.8) is 0 Å². The van der Waals surface area contributed by atoms with Crippen molar-refractivity contribution in [3.05, 3.63) is 58.2 Å². The molecule has 1 unspecified atom stereocenters. The largest absolute Gasteiger partial charge is 0.388 e. The Morgan fingerprint density at radius 1 is 1.29 bits per heavy atom. The first-order valence-electron chi connectivity index (χ1n) is 6.81. The third-order valence-electron chi connectivity index (χ3n) is 3.62. The first-order chi connectivity index (χ1) is 10.1. The summed E-state index contributed by atoms with van der Waals surface area (Å²) in [5, 5.41) is 17.5. The van der Waals surface area contributed by atoms with Crippen LogP contribution in [0.3, 0.4) is 0 Å². The molecule has 0 saturated carbocycles. The molecule has 0 radical (unpaired) electrons. The molecule has 0 spiro atoms.